The van der Waals surface area contributed by atoms with Crippen molar-refractivity contribution < 1.29 is 13.9 Å². The Morgan fingerprint density at radius 3 is 2.33 bits per heavy atom. The number of ether oxygens (including phenoxy) is 1. The van der Waals surface area contributed by atoms with Gasteiger partial charge >= 0.3 is 12.0 Å². The molecular formula is C5H6Cl3FO2Si. The van der Waals surface area contributed by atoms with E-state index >= 15 is 0 Å². The van der Waals surface area contributed by atoms with Gasteiger partial charge in [0.05, 0.1) is 6.61 Å². The summed E-state index contributed by atoms with van der Waals surface area (Å²) in [4.78, 5) is 10.4. The number of esters is 1. The number of carbonyl (C=O) groups excluding carboxylic acids is 1. The van der Waals surface area contributed by atoms with Crippen LogP contribution in [0.1, 0.15) is 0 Å². The molecule has 0 aromatic carbocycles. The van der Waals surface area contributed by atoms with Crippen molar-refractivity contribution in [2.75, 3.05) is 6.61 Å². The van der Waals surface area contributed by atoms with Crippen LogP contribution in [0.5, 0.6) is 0 Å². The lowest BCUT2D eigenvalue weighted by molar-refractivity contribution is -0.140. The first kappa shape index (κ1) is 12.2. The molecular weight excluding hydrogens is 245 g/mol. The largest absolute Gasteiger partial charge is 0.461 e. The van der Waals surface area contributed by atoms with Gasteiger partial charge in [-0.2, -0.15) is 4.39 Å². The summed E-state index contributed by atoms with van der Waals surface area (Å²) in [6.45, 7) is 2.65. The third-order valence-electron chi connectivity index (χ3n) is 0.840. The molecule has 0 spiro atoms. The normalized spacial score (nSPS) is 11.0. The zero-order chi connectivity index (χ0) is 9.78. The Kier molecular flexibility index (Phi) is 5.16. The minimum Gasteiger partial charge on any atom is -0.461 e. The Morgan fingerprint density at radius 2 is 2.00 bits per heavy atom. The summed E-state index contributed by atoms with van der Waals surface area (Å²) in [7, 11) is 0. The first-order valence-corrected chi connectivity index (χ1v) is 8.15. The van der Waals surface area contributed by atoms with E-state index in [0.29, 0.717) is 0 Å². The van der Waals surface area contributed by atoms with Crippen LogP contribution in [0.15, 0.2) is 12.4 Å². The van der Waals surface area contributed by atoms with Crippen molar-refractivity contribution in [1.82, 2.24) is 0 Å². The maximum atomic E-state index is 12.0. The number of hydrogen-bond acceptors (Lipinski definition) is 2. The molecule has 0 aromatic rings. The minimum atomic E-state index is -2.77. The lowest BCUT2D eigenvalue weighted by Crippen LogP contribution is -2.15. The molecule has 2 nitrogen and oxygen atoms in total. The second-order valence-corrected chi connectivity index (χ2v) is 11.2. The van der Waals surface area contributed by atoms with Gasteiger partial charge in [-0.1, -0.05) is 6.58 Å². The minimum absolute atomic E-state index is 0.0928. The highest BCUT2D eigenvalue weighted by atomic mass is 35.8. The molecule has 0 aliphatic heterocycles. The first-order valence-electron chi connectivity index (χ1n) is 2.91. The molecule has 0 saturated carbocycles. The van der Waals surface area contributed by atoms with Crippen molar-refractivity contribution in [2.45, 2.75) is 6.04 Å². The average Bonchev–Trinajstić information content (AvgIpc) is 1.84. The van der Waals surface area contributed by atoms with Crippen LogP contribution in [-0.4, -0.2) is 18.6 Å². The maximum Gasteiger partial charge on any atom is 0.366 e. The highest BCUT2D eigenvalue weighted by molar-refractivity contribution is 7.64. The molecule has 0 aliphatic carbocycles. The Bertz CT molecular complexity index is 192. The van der Waals surface area contributed by atoms with Gasteiger partial charge in [-0.15, -0.1) is 33.2 Å². The quantitative estimate of drug-likeness (QED) is 0.332. The van der Waals surface area contributed by atoms with E-state index in [9.17, 15) is 9.18 Å². The van der Waals surface area contributed by atoms with Crippen LogP contribution in [-0.2, 0) is 9.53 Å². The molecule has 0 radical (unpaired) electrons. The van der Waals surface area contributed by atoms with Crippen LogP contribution in [0.4, 0.5) is 4.39 Å². The van der Waals surface area contributed by atoms with Gasteiger partial charge in [-0.25, -0.2) is 4.79 Å². The van der Waals surface area contributed by atoms with Crippen molar-refractivity contribution in [3.8, 4) is 0 Å². The second kappa shape index (κ2) is 5.06. The summed E-state index contributed by atoms with van der Waals surface area (Å²) in [5.41, 5.74) is 0. The maximum absolute atomic E-state index is 12.0. The van der Waals surface area contributed by atoms with Gasteiger partial charge in [0.1, 0.15) is 0 Å². The van der Waals surface area contributed by atoms with Crippen LogP contribution in [0.25, 0.3) is 0 Å². The summed E-state index contributed by atoms with van der Waals surface area (Å²) >= 11 is 16.4. The molecule has 0 N–H and O–H groups in total. The lowest BCUT2D eigenvalue weighted by Gasteiger charge is -2.06. The van der Waals surface area contributed by atoms with Crippen molar-refractivity contribution in [2.24, 2.45) is 0 Å². The Balaban J connectivity index is 3.58. The highest BCUT2D eigenvalue weighted by Gasteiger charge is 2.25. The van der Waals surface area contributed by atoms with Gasteiger partial charge < -0.3 is 4.74 Å². The van der Waals surface area contributed by atoms with Crippen LogP contribution in [0, 0.1) is 0 Å². The number of halogens is 4. The summed E-state index contributed by atoms with van der Waals surface area (Å²) < 4.78 is 16.3. The van der Waals surface area contributed by atoms with E-state index in [-0.39, 0.29) is 12.7 Å². The molecule has 70 valence electrons. The molecule has 0 aromatic heterocycles. The monoisotopic (exact) mass is 250 g/mol. The molecule has 0 unspecified atom stereocenters. The highest BCUT2D eigenvalue weighted by Crippen LogP contribution is 2.24. The zero-order valence-corrected chi connectivity index (χ0v) is 9.22. The summed E-state index contributed by atoms with van der Waals surface area (Å²) in [6, 6.07) is -2.62. The topological polar surface area (TPSA) is 26.3 Å². The first-order chi connectivity index (χ1) is 5.33. The van der Waals surface area contributed by atoms with Crippen LogP contribution >= 0.6 is 33.2 Å². The average molecular weight is 252 g/mol. The summed E-state index contributed by atoms with van der Waals surface area (Å²) in [5.74, 6) is -2.26. The van der Waals surface area contributed by atoms with Crippen LogP contribution < -0.4 is 0 Å². The van der Waals surface area contributed by atoms with E-state index in [1.165, 1.54) is 0 Å². The van der Waals surface area contributed by atoms with Gasteiger partial charge in [0, 0.05) is 6.04 Å². The zero-order valence-electron chi connectivity index (χ0n) is 5.95. The van der Waals surface area contributed by atoms with Crippen LogP contribution in [0.3, 0.4) is 0 Å². The van der Waals surface area contributed by atoms with Gasteiger partial charge in [0.25, 0.3) is 0 Å². The standard InChI is InChI=1S/C5H6Cl3FO2Si/c1-4(9)5(10)11-2-3-12(6,7)8/h1-3H2. The van der Waals surface area contributed by atoms with Gasteiger partial charge in [0.2, 0.25) is 5.83 Å². The van der Waals surface area contributed by atoms with E-state index in [4.69, 9.17) is 33.2 Å². The molecule has 12 heavy (non-hydrogen) atoms. The fourth-order valence-electron chi connectivity index (χ4n) is 0.338. The van der Waals surface area contributed by atoms with Gasteiger partial charge in [0.15, 0.2) is 0 Å². The summed E-state index contributed by atoms with van der Waals surface area (Å²) in [6.07, 6.45) is 0. The molecule has 0 amide bonds. The fourth-order valence-corrected chi connectivity index (χ4v) is 1.37. The van der Waals surface area contributed by atoms with Crippen molar-refractivity contribution >= 4 is 45.2 Å². The molecule has 0 rings (SSSR count). The second-order valence-electron chi connectivity index (χ2n) is 1.91. The Hall–Kier alpha value is 0.227. The van der Waals surface area contributed by atoms with Crippen molar-refractivity contribution in [3.63, 3.8) is 0 Å². The Morgan fingerprint density at radius 1 is 1.50 bits per heavy atom. The van der Waals surface area contributed by atoms with Crippen molar-refractivity contribution in [1.29, 1.82) is 0 Å². The van der Waals surface area contributed by atoms with E-state index in [0.717, 1.165) is 0 Å². The number of hydrogen-bond donors (Lipinski definition) is 0. The van der Waals surface area contributed by atoms with E-state index < -0.39 is 17.8 Å². The van der Waals surface area contributed by atoms with Gasteiger partial charge in [-0.3, -0.25) is 0 Å². The van der Waals surface area contributed by atoms with E-state index in [1.54, 1.807) is 0 Å². The molecule has 0 atom stereocenters. The fraction of sp³-hybridized carbons (Fsp3) is 0.400. The van der Waals surface area contributed by atoms with Crippen molar-refractivity contribution in [3.05, 3.63) is 12.4 Å². The summed E-state index contributed by atoms with van der Waals surface area (Å²) in [5, 5.41) is 0. The van der Waals surface area contributed by atoms with E-state index in [2.05, 4.69) is 11.3 Å². The number of carbonyl (C=O) groups is 1. The van der Waals surface area contributed by atoms with E-state index in [1.807, 2.05) is 0 Å². The third kappa shape index (κ3) is 6.91. The van der Waals surface area contributed by atoms with Gasteiger partial charge in [-0.05, 0) is 0 Å². The smallest absolute Gasteiger partial charge is 0.366 e. The molecule has 7 heteroatoms. The SMILES string of the molecule is C=C(F)C(=O)OCC[Si](Cl)(Cl)Cl. The molecule has 0 heterocycles. The molecule has 0 fully saturated rings. The van der Waals surface area contributed by atoms with Crippen LogP contribution in [0.2, 0.25) is 6.04 Å². The molecule has 0 bridgehead atoms. The predicted molar refractivity (Wildman–Crippen MR) is 49.3 cm³/mol. The third-order valence-corrected chi connectivity index (χ3v) is 3.31. The number of rotatable bonds is 4. The predicted octanol–water partition coefficient (Wildman–Crippen LogP) is 2.67. The molecule has 0 saturated heterocycles. The molecule has 0 aliphatic rings. The lowest BCUT2D eigenvalue weighted by atomic mass is 10.6. The Labute approximate surface area is 84.4 Å².